The molecule has 12 heavy (non-hydrogen) atoms. The summed E-state index contributed by atoms with van der Waals surface area (Å²) in [5.74, 6) is 0. The first-order valence-corrected chi connectivity index (χ1v) is 5.06. The van der Waals surface area contributed by atoms with Crippen molar-refractivity contribution in [2.45, 2.75) is 51.4 Å². The number of aliphatic hydroxyl groups is 1. The third-order valence-electron chi connectivity index (χ3n) is 2.03. The largest absolute Gasteiger partial charge is 0.396 e. The van der Waals surface area contributed by atoms with Gasteiger partial charge in [0.15, 0.2) is 0 Å². The summed E-state index contributed by atoms with van der Waals surface area (Å²) in [5, 5.41) is 8.52. The van der Waals surface area contributed by atoms with Crippen molar-refractivity contribution in [2.75, 3.05) is 6.61 Å². The molecule has 0 saturated heterocycles. The first-order chi connectivity index (χ1) is 5.91. The average Bonchev–Trinajstić information content (AvgIpc) is 2.10. The Kier molecular flexibility index (Phi) is 10.4. The molecule has 0 aromatic carbocycles. The van der Waals surface area contributed by atoms with Crippen molar-refractivity contribution in [1.82, 2.24) is 0 Å². The molecule has 0 bridgehead atoms. The van der Waals surface area contributed by atoms with Gasteiger partial charge in [0.1, 0.15) is 0 Å². The summed E-state index contributed by atoms with van der Waals surface area (Å²) in [6, 6.07) is 0. The summed E-state index contributed by atoms with van der Waals surface area (Å²) < 4.78 is 0. The molecule has 0 aromatic rings. The Morgan fingerprint density at radius 2 is 1.33 bits per heavy atom. The molecular weight excluding hydrogens is 148 g/mol. The van der Waals surface area contributed by atoms with Crippen LogP contribution in [0.1, 0.15) is 51.4 Å². The first kappa shape index (κ1) is 11.7. The lowest BCUT2D eigenvalue weighted by Gasteiger charge is -1.99. The smallest absolute Gasteiger partial charge is 0.0431 e. The van der Waals surface area contributed by atoms with E-state index in [2.05, 4.69) is 0 Å². The second-order valence-corrected chi connectivity index (χ2v) is 3.22. The van der Waals surface area contributed by atoms with Gasteiger partial charge < -0.3 is 5.11 Å². The highest BCUT2D eigenvalue weighted by Crippen LogP contribution is 2.08. The van der Waals surface area contributed by atoms with Crippen LogP contribution in [0.3, 0.4) is 0 Å². The fourth-order valence-corrected chi connectivity index (χ4v) is 1.26. The Balaban J connectivity index is 2.77. The van der Waals surface area contributed by atoms with Crippen LogP contribution < -0.4 is 0 Å². The van der Waals surface area contributed by atoms with Crippen LogP contribution in [0.2, 0.25) is 0 Å². The van der Waals surface area contributed by atoms with Gasteiger partial charge in [-0.15, -0.1) is 0 Å². The van der Waals surface area contributed by atoms with Crippen molar-refractivity contribution < 1.29 is 5.11 Å². The van der Waals surface area contributed by atoms with E-state index in [0.717, 1.165) is 12.8 Å². The summed E-state index contributed by atoms with van der Waals surface area (Å²) in [4.78, 5) is 0. The van der Waals surface area contributed by atoms with Crippen LogP contribution in [0, 0.1) is 6.58 Å². The standard InChI is InChI=1S/C11H21O/c1-2-3-4-5-6-7-8-9-10-11-12/h1-2,12H,3-11H2. The van der Waals surface area contributed by atoms with Gasteiger partial charge in [0.25, 0.3) is 0 Å². The highest BCUT2D eigenvalue weighted by molar-refractivity contribution is 4.61. The molecule has 0 fully saturated rings. The maximum absolute atomic E-state index is 8.52. The topological polar surface area (TPSA) is 20.2 Å². The maximum Gasteiger partial charge on any atom is 0.0431 e. The van der Waals surface area contributed by atoms with Gasteiger partial charge in [-0.3, -0.25) is 0 Å². The number of hydrogen-bond donors (Lipinski definition) is 1. The van der Waals surface area contributed by atoms with E-state index >= 15 is 0 Å². The van der Waals surface area contributed by atoms with E-state index in [4.69, 9.17) is 11.7 Å². The predicted molar refractivity (Wildman–Crippen MR) is 52.9 cm³/mol. The number of aliphatic hydroxyl groups excluding tert-OH is 1. The number of hydrogen-bond acceptors (Lipinski definition) is 1. The minimum absolute atomic E-state index is 0.349. The molecule has 0 rings (SSSR count). The van der Waals surface area contributed by atoms with Crippen molar-refractivity contribution in [3.05, 3.63) is 12.7 Å². The van der Waals surface area contributed by atoms with Crippen molar-refractivity contribution >= 4 is 0 Å². The van der Waals surface area contributed by atoms with Gasteiger partial charge >= 0.3 is 0 Å². The number of allylic oxidation sites excluding steroid dienone is 1. The molecule has 0 aliphatic heterocycles. The molecule has 0 amide bonds. The lowest BCUT2D eigenvalue weighted by atomic mass is 10.1. The molecule has 0 heterocycles. The molecule has 1 radical (unpaired) electrons. The SMILES string of the molecule is [CH]=CCCCCCCCCCO. The lowest BCUT2D eigenvalue weighted by Crippen LogP contribution is -1.83. The van der Waals surface area contributed by atoms with Gasteiger partial charge in [-0.25, -0.2) is 0 Å². The van der Waals surface area contributed by atoms with E-state index < -0.39 is 0 Å². The Morgan fingerprint density at radius 1 is 0.833 bits per heavy atom. The number of unbranched alkanes of at least 4 members (excludes halogenated alkanes) is 7. The second kappa shape index (κ2) is 10.7. The summed E-state index contributed by atoms with van der Waals surface area (Å²) in [5.41, 5.74) is 0. The maximum atomic E-state index is 8.52. The fraction of sp³-hybridized carbons (Fsp3) is 0.818. The van der Waals surface area contributed by atoms with Crippen LogP contribution in [0.25, 0.3) is 0 Å². The Morgan fingerprint density at radius 3 is 1.83 bits per heavy atom. The summed E-state index contributed by atoms with van der Waals surface area (Å²) in [6.07, 6.45) is 11.4. The van der Waals surface area contributed by atoms with E-state index in [9.17, 15) is 0 Å². The monoisotopic (exact) mass is 169 g/mol. The summed E-state index contributed by atoms with van der Waals surface area (Å²) >= 11 is 0. The van der Waals surface area contributed by atoms with Crippen LogP contribution in [-0.2, 0) is 0 Å². The average molecular weight is 169 g/mol. The van der Waals surface area contributed by atoms with Gasteiger partial charge in [-0.1, -0.05) is 44.8 Å². The second-order valence-electron chi connectivity index (χ2n) is 3.22. The van der Waals surface area contributed by atoms with Crippen LogP contribution in [0.5, 0.6) is 0 Å². The molecule has 0 atom stereocenters. The molecule has 0 aliphatic rings. The van der Waals surface area contributed by atoms with E-state index in [1.54, 1.807) is 6.08 Å². The van der Waals surface area contributed by atoms with Crippen molar-refractivity contribution in [3.63, 3.8) is 0 Å². The van der Waals surface area contributed by atoms with Crippen LogP contribution in [0.4, 0.5) is 0 Å². The lowest BCUT2D eigenvalue weighted by molar-refractivity contribution is 0.282. The molecule has 71 valence electrons. The zero-order valence-corrected chi connectivity index (χ0v) is 7.97. The van der Waals surface area contributed by atoms with Gasteiger partial charge in [0.2, 0.25) is 0 Å². The Bertz CT molecular complexity index is 89.0. The van der Waals surface area contributed by atoms with Gasteiger partial charge in [-0.05, 0) is 19.3 Å². The highest BCUT2D eigenvalue weighted by atomic mass is 16.2. The third-order valence-corrected chi connectivity index (χ3v) is 2.03. The third kappa shape index (κ3) is 9.70. The fourth-order valence-electron chi connectivity index (χ4n) is 1.26. The minimum atomic E-state index is 0.349. The summed E-state index contributed by atoms with van der Waals surface area (Å²) in [6.45, 7) is 5.61. The molecule has 1 nitrogen and oxygen atoms in total. The van der Waals surface area contributed by atoms with Crippen molar-refractivity contribution in [1.29, 1.82) is 0 Å². The zero-order chi connectivity index (χ0) is 9.07. The Hall–Kier alpha value is -0.300. The highest BCUT2D eigenvalue weighted by Gasteiger charge is 1.89. The van der Waals surface area contributed by atoms with Gasteiger partial charge in [0.05, 0.1) is 0 Å². The van der Waals surface area contributed by atoms with Crippen LogP contribution >= 0.6 is 0 Å². The van der Waals surface area contributed by atoms with E-state index in [0.29, 0.717) is 6.61 Å². The molecule has 0 aromatic heterocycles. The molecule has 0 aliphatic carbocycles. The minimum Gasteiger partial charge on any atom is -0.396 e. The molecular formula is C11H21O. The molecule has 1 heteroatoms. The number of rotatable bonds is 9. The molecule has 0 saturated carbocycles. The molecule has 1 N–H and O–H groups in total. The van der Waals surface area contributed by atoms with Crippen molar-refractivity contribution in [3.8, 4) is 0 Å². The Labute approximate surface area is 76.5 Å². The van der Waals surface area contributed by atoms with Gasteiger partial charge in [0, 0.05) is 6.61 Å². The van der Waals surface area contributed by atoms with E-state index in [1.165, 1.54) is 38.5 Å². The summed E-state index contributed by atoms with van der Waals surface area (Å²) in [7, 11) is 0. The normalized spacial score (nSPS) is 10.1. The molecule has 0 unspecified atom stereocenters. The zero-order valence-electron chi connectivity index (χ0n) is 7.97. The van der Waals surface area contributed by atoms with Gasteiger partial charge in [-0.2, -0.15) is 0 Å². The first-order valence-electron chi connectivity index (χ1n) is 5.06. The quantitative estimate of drug-likeness (QED) is 0.526. The van der Waals surface area contributed by atoms with Crippen molar-refractivity contribution in [2.24, 2.45) is 0 Å². The van der Waals surface area contributed by atoms with E-state index in [-0.39, 0.29) is 0 Å². The molecule has 0 spiro atoms. The van der Waals surface area contributed by atoms with Crippen LogP contribution in [-0.4, -0.2) is 11.7 Å². The van der Waals surface area contributed by atoms with Crippen LogP contribution in [0.15, 0.2) is 6.08 Å². The predicted octanol–water partition coefficient (Wildman–Crippen LogP) is 3.09. The van der Waals surface area contributed by atoms with E-state index in [1.807, 2.05) is 0 Å².